The van der Waals surface area contributed by atoms with E-state index < -0.39 is 5.91 Å². The van der Waals surface area contributed by atoms with Gasteiger partial charge in [-0.3, -0.25) is 4.79 Å². The van der Waals surface area contributed by atoms with Crippen LogP contribution in [-0.4, -0.2) is 49.3 Å². The van der Waals surface area contributed by atoms with Crippen LogP contribution >= 0.6 is 0 Å². The normalized spacial score (nSPS) is 23.8. The first-order valence-electron chi connectivity index (χ1n) is 7.24. The molecule has 0 saturated carbocycles. The highest BCUT2D eigenvalue weighted by Gasteiger charge is 2.21. The number of aromatic nitrogens is 1. The molecule has 21 heavy (non-hydrogen) atoms. The van der Waals surface area contributed by atoms with Gasteiger partial charge in [-0.15, -0.1) is 0 Å². The van der Waals surface area contributed by atoms with Crippen molar-refractivity contribution in [1.29, 1.82) is 0 Å². The lowest BCUT2D eigenvalue weighted by Gasteiger charge is -2.28. The third kappa shape index (κ3) is 3.43. The van der Waals surface area contributed by atoms with E-state index in [-0.39, 0.29) is 0 Å². The van der Waals surface area contributed by atoms with Gasteiger partial charge in [-0.25, -0.2) is 4.98 Å². The Morgan fingerprint density at radius 1 is 1.24 bits per heavy atom. The highest BCUT2D eigenvalue weighted by molar-refractivity contribution is 5.93. The van der Waals surface area contributed by atoms with Gasteiger partial charge in [-0.05, 0) is 25.9 Å². The van der Waals surface area contributed by atoms with Gasteiger partial charge in [0.05, 0.1) is 5.56 Å². The van der Waals surface area contributed by atoms with Gasteiger partial charge in [-0.1, -0.05) is 0 Å². The van der Waals surface area contributed by atoms with Crippen molar-refractivity contribution in [1.82, 2.24) is 15.6 Å². The average Bonchev–Trinajstić information content (AvgIpc) is 2.36. The fraction of sp³-hybridized carbons (Fsp3) is 0.571. The van der Waals surface area contributed by atoms with Crippen molar-refractivity contribution < 1.29 is 14.3 Å². The number of nitrogens with zero attached hydrogens (tertiary/aromatic N) is 1. The average molecular weight is 292 g/mol. The molecule has 2 saturated heterocycles. The predicted octanol–water partition coefficient (Wildman–Crippen LogP) is -0.338. The molecular weight excluding hydrogens is 272 g/mol. The summed E-state index contributed by atoms with van der Waals surface area (Å²) >= 11 is 0. The zero-order valence-electron chi connectivity index (χ0n) is 11.8. The van der Waals surface area contributed by atoms with Crippen molar-refractivity contribution in [2.45, 2.75) is 24.9 Å². The Morgan fingerprint density at radius 3 is 2.38 bits per heavy atom. The summed E-state index contributed by atoms with van der Waals surface area (Å²) in [6.07, 6.45) is 3.60. The molecule has 4 N–H and O–H groups in total. The standard InChI is InChI=1S/C14H20N4O3/c15-13(19)9-5-12(20-7-10-1-3-16-10)14(18-6-9)21-8-11-2-4-17-11/h5-6,10-11,16-17H,1-4,7-8H2,(H2,15,19)/t10-,11-/m0/s1. The summed E-state index contributed by atoms with van der Waals surface area (Å²) in [7, 11) is 0. The van der Waals surface area contributed by atoms with Crippen LogP contribution in [0.25, 0.3) is 0 Å². The maximum atomic E-state index is 11.3. The molecule has 3 heterocycles. The Kier molecular flexibility index (Phi) is 4.21. The molecule has 2 aliphatic heterocycles. The number of rotatable bonds is 7. The minimum Gasteiger partial charge on any atom is -0.486 e. The summed E-state index contributed by atoms with van der Waals surface area (Å²) in [5.41, 5.74) is 5.60. The minimum absolute atomic E-state index is 0.320. The van der Waals surface area contributed by atoms with E-state index in [2.05, 4.69) is 15.6 Å². The van der Waals surface area contributed by atoms with Crippen molar-refractivity contribution in [3.63, 3.8) is 0 Å². The van der Waals surface area contributed by atoms with Gasteiger partial charge in [0, 0.05) is 24.3 Å². The number of amides is 1. The highest BCUT2D eigenvalue weighted by atomic mass is 16.5. The summed E-state index contributed by atoms with van der Waals surface area (Å²) in [6, 6.07) is 2.31. The molecule has 0 spiro atoms. The van der Waals surface area contributed by atoms with Gasteiger partial charge in [0.15, 0.2) is 5.75 Å². The summed E-state index contributed by atoms with van der Waals surface area (Å²) in [5, 5.41) is 6.51. The maximum Gasteiger partial charge on any atom is 0.257 e. The largest absolute Gasteiger partial charge is 0.486 e. The quantitative estimate of drug-likeness (QED) is 0.636. The first kappa shape index (κ1) is 14.1. The number of nitrogens with two attached hydrogens (primary N) is 1. The lowest BCUT2D eigenvalue weighted by Crippen LogP contribution is -2.47. The molecule has 2 fully saturated rings. The number of nitrogens with one attached hydrogen (secondary N) is 2. The summed E-state index contributed by atoms with van der Waals surface area (Å²) < 4.78 is 11.4. The fourth-order valence-corrected chi connectivity index (χ4v) is 2.13. The molecule has 0 unspecified atom stereocenters. The van der Waals surface area contributed by atoms with Crippen LogP contribution in [0.1, 0.15) is 23.2 Å². The second kappa shape index (κ2) is 6.28. The third-order valence-electron chi connectivity index (χ3n) is 3.82. The zero-order chi connectivity index (χ0) is 14.7. The van der Waals surface area contributed by atoms with Crippen LogP contribution in [0, 0.1) is 0 Å². The highest BCUT2D eigenvalue weighted by Crippen LogP contribution is 2.26. The van der Waals surface area contributed by atoms with Gasteiger partial charge in [0.1, 0.15) is 13.2 Å². The molecule has 114 valence electrons. The molecule has 1 amide bonds. The minimum atomic E-state index is -0.527. The van der Waals surface area contributed by atoms with E-state index in [1.54, 1.807) is 6.07 Å². The maximum absolute atomic E-state index is 11.3. The van der Waals surface area contributed by atoms with E-state index in [9.17, 15) is 4.79 Å². The van der Waals surface area contributed by atoms with Crippen LogP contribution in [0.15, 0.2) is 12.3 Å². The molecular formula is C14H20N4O3. The molecule has 0 aromatic carbocycles. The third-order valence-corrected chi connectivity index (χ3v) is 3.82. The van der Waals surface area contributed by atoms with Gasteiger partial charge in [0.2, 0.25) is 5.91 Å². The Hall–Kier alpha value is -1.86. The van der Waals surface area contributed by atoms with Crippen LogP contribution in [0.4, 0.5) is 0 Å². The number of primary amides is 1. The Labute approximate surface area is 123 Å². The van der Waals surface area contributed by atoms with Crippen LogP contribution in [0.3, 0.4) is 0 Å². The molecule has 2 atom stereocenters. The van der Waals surface area contributed by atoms with Gasteiger partial charge in [0.25, 0.3) is 5.88 Å². The van der Waals surface area contributed by atoms with Gasteiger partial charge in [-0.2, -0.15) is 0 Å². The van der Waals surface area contributed by atoms with Crippen LogP contribution < -0.4 is 25.8 Å². The first-order chi connectivity index (χ1) is 10.2. The molecule has 0 aliphatic carbocycles. The van der Waals surface area contributed by atoms with Crippen molar-refractivity contribution in [2.24, 2.45) is 5.73 Å². The molecule has 3 rings (SSSR count). The smallest absolute Gasteiger partial charge is 0.257 e. The van der Waals surface area contributed by atoms with E-state index in [1.807, 2.05) is 0 Å². The number of hydrogen-bond acceptors (Lipinski definition) is 6. The molecule has 7 heteroatoms. The lowest BCUT2D eigenvalue weighted by molar-refractivity contribution is 0.0999. The van der Waals surface area contributed by atoms with E-state index in [0.717, 1.165) is 25.9 Å². The van der Waals surface area contributed by atoms with E-state index in [0.29, 0.717) is 42.5 Å². The van der Waals surface area contributed by atoms with Crippen LogP contribution in [0.5, 0.6) is 11.6 Å². The predicted molar refractivity (Wildman–Crippen MR) is 76.6 cm³/mol. The second-order valence-corrected chi connectivity index (χ2v) is 5.39. The van der Waals surface area contributed by atoms with Gasteiger partial charge < -0.3 is 25.8 Å². The summed E-state index contributed by atoms with van der Waals surface area (Å²) in [4.78, 5) is 15.4. The Bertz CT molecular complexity index is 515. The van der Waals surface area contributed by atoms with Crippen molar-refractivity contribution >= 4 is 5.91 Å². The Morgan fingerprint density at radius 2 is 1.86 bits per heavy atom. The van der Waals surface area contributed by atoms with Crippen LogP contribution in [0.2, 0.25) is 0 Å². The van der Waals surface area contributed by atoms with E-state index in [4.69, 9.17) is 15.2 Å². The van der Waals surface area contributed by atoms with E-state index in [1.165, 1.54) is 6.20 Å². The fourth-order valence-electron chi connectivity index (χ4n) is 2.13. The lowest BCUT2D eigenvalue weighted by atomic mass is 10.1. The first-order valence-corrected chi connectivity index (χ1v) is 7.24. The molecule has 0 radical (unpaired) electrons. The number of hydrogen-bond donors (Lipinski definition) is 3. The number of carbonyl (C=O) groups is 1. The Balaban J connectivity index is 1.67. The second-order valence-electron chi connectivity index (χ2n) is 5.39. The number of pyridine rings is 1. The topological polar surface area (TPSA) is 98.5 Å². The number of carbonyl (C=O) groups excluding carboxylic acids is 1. The van der Waals surface area contributed by atoms with Crippen molar-refractivity contribution in [2.75, 3.05) is 26.3 Å². The summed E-state index contributed by atoms with van der Waals surface area (Å²) in [5.74, 6) is 0.355. The SMILES string of the molecule is NC(=O)c1cnc(OC[C@@H]2CCN2)c(OC[C@@H]2CCN2)c1. The van der Waals surface area contributed by atoms with Gasteiger partial charge >= 0.3 is 0 Å². The molecule has 1 aromatic heterocycles. The van der Waals surface area contributed by atoms with E-state index >= 15 is 0 Å². The molecule has 2 aliphatic rings. The zero-order valence-corrected chi connectivity index (χ0v) is 11.8. The number of ether oxygens (including phenoxy) is 2. The van der Waals surface area contributed by atoms with Crippen molar-refractivity contribution in [3.05, 3.63) is 17.8 Å². The summed E-state index contributed by atoms with van der Waals surface area (Å²) in [6.45, 7) is 3.12. The monoisotopic (exact) mass is 292 g/mol. The van der Waals surface area contributed by atoms with Crippen LogP contribution in [-0.2, 0) is 0 Å². The molecule has 7 nitrogen and oxygen atoms in total. The molecule has 1 aromatic rings. The van der Waals surface area contributed by atoms with Crippen molar-refractivity contribution in [3.8, 4) is 11.6 Å². The molecule has 0 bridgehead atoms.